The highest BCUT2D eigenvalue weighted by atomic mass is 32.2. The van der Waals surface area contributed by atoms with Crippen LogP contribution in [-0.2, 0) is 10.0 Å². The molecule has 0 radical (unpaired) electrons. The minimum absolute atomic E-state index is 0.202. The van der Waals surface area contributed by atoms with Crippen molar-refractivity contribution < 1.29 is 13.2 Å². The lowest BCUT2D eigenvalue weighted by Gasteiger charge is -2.19. The van der Waals surface area contributed by atoms with Crippen LogP contribution < -0.4 is 9.46 Å². The van der Waals surface area contributed by atoms with Gasteiger partial charge in [0.2, 0.25) is 10.0 Å². The smallest absolute Gasteiger partial charge is 0.240 e. The largest absolute Gasteiger partial charge is 0.494 e. The summed E-state index contributed by atoms with van der Waals surface area (Å²) in [5.41, 5.74) is 2.69. The highest BCUT2D eigenvalue weighted by molar-refractivity contribution is 7.89. The number of aromatic nitrogens is 2. The molecule has 3 aromatic rings. The molecule has 2 heterocycles. The molecule has 1 N–H and O–H groups in total. The zero-order chi connectivity index (χ0) is 20.3. The maximum absolute atomic E-state index is 12.9. The molecule has 1 unspecified atom stereocenters. The Labute approximate surface area is 170 Å². The molecule has 0 saturated carbocycles. The van der Waals surface area contributed by atoms with Crippen molar-refractivity contribution in [2.75, 3.05) is 13.2 Å². The number of rotatable bonds is 8. The quantitative estimate of drug-likeness (QED) is 0.602. The molecule has 0 spiro atoms. The Hall–Kier alpha value is -2.16. The van der Waals surface area contributed by atoms with Gasteiger partial charge in [-0.2, -0.15) is 5.10 Å². The van der Waals surface area contributed by atoms with Gasteiger partial charge in [0, 0.05) is 17.1 Å². The van der Waals surface area contributed by atoms with Crippen molar-refractivity contribution in [1.82, 2.24) is 14.5 Å². The molecule has 3 rings (SSSR count). The van der Waals surface area contributed by atoms with E-state index in [1.807, 2.05) is 56.0 Å². The standard InChI is InChI=1S/C20H25N3O3S2/c1-5-26-19-9-8-17(11-14(19)2)28(24,25)21-13-18(20-7-6-10-27-20)23-16(4)12-15(3)22-23/h6-12,18,21H,5,13H2,1-4H3. The van der Waals surface area contributed by atoms with E-state index in [2.05, 4.69) is 9.82 Å². The number of thiophene rings is 1. The lowest BCUT2D eigenvalue weighted by atomic mass is 10.2. The molecule has 0 aliphatic carbocycles. The molecule has 0 amide bonds. The Morgan fingerprint density at radius 2 is 2.00 bits per heavy atom. The van der Waals surface area contributed by atoms with Gasteiger partial charge in [0.05, 0.1) is 23.2 Å². The normalized spacial score (nSPS) is 12.9. The molecule has 150 valence electrons. The van der Waals surface area contributed by atoms with E-state index in [0.717, 1.165) is 21.8 Å². The van der Waals surface area contributed by atoms with Crippen LogP contribution >= 0.6 is 11.3 Å². The fourth-order valence-corrected chi connectivity index (χ4v) is 5.06. The van der Waals surface area contributed by atoms with Crippen molar-refractivity contribution >= 4 is 21.4 Å². The average molecular weight is 420 g/mol. The maximum Gasteiger partial charge on any atom is 0.240 e. The average Bonchev–Trinajstić information content (AvgIpc) is 3.27. The highest BCUT2D eigenvalue weighted by Crippen LogP contribution is 2.26. The zero-order valence-electron chi connectivity index (χ0n) is 16.5. The topological polar surface area (TPSA) is 73.2 Å². The van der Waals surface area contributed by atoms with Crippen molar-refractivity contribution in [3.63, 3.8) is 0 Å². The van der Waals surface area contributed by atoms with Gasteiger partial charge in [0.15, 0.2) is 0 Å². The first-order chi connectivity index (χ1) is 13.3. The Morgan fingerprint density at radius 1 is 1.21 bits per heavy atom. The number of hydrogen-bond donors (Lipinski definition) is 1. The molecule has 0 aliphatic rings. The van der Waals surface area contributed by atoms with E-state index < -0.39 is 10.0 Å². The first kappa shape index (κ1) is 20.6. The SMILES string of the molecule is CCOc1ccc(S(=O)(=O)NCC(c2cccs2)n2nc(C)cc2C)cc1C. The molecule has 0 saturated heterocycles. The fourth-order valence-electron chi connectivity index (χ4n) is 3.13. The summed E-state index contributed by atoms with van der Waals surface area (Å²) >= 11 is 1.59. The van der Waals surface area contributed by atoms with Gasteiger partial charge < -0.3 is 4.74 Å². The summed E-state index contributed by atoms with van der Waals surface area (Å²) in [4.78, 5) is 1.28. The molecule has 28 heavy (non-hydrogen) atoms. The predicted molar refractivity (Wildman–Crippen MR) is 112 cm³/mol. The second-order valence-corrected chi connectivity index (χ2v) is 9.36. The number of nitrogens with one attached hydrogen (secondary N) is 1. The number of ether oxygens (including phenoxy) is 1. The number of sulfonamides is 1. The second kappa shape index (κ2) is 8.46. The predicted octanol–water partition coefficient (Wildman–Crippen LogP) is 3.84. The van der Waals surface area contributed by atoms with E-state index in [-0.39, 0.29) is 17.5 Å². The van der Waals surface area contributed by atoms with Gasteiger partial charge in [-0.1, -0.05) is 6.07 Å². The molecular weight excluding hydrogens is 394 g/mol. The number of hydrogen-bond acceptors (Lipinski definition) is 5. The maximum atomic E-state index is 12.9. The summed E-state index contributed by atoms with van der Waals surface area (Å²) < 4.78 is 35.9. The third kappa shape index (κ3) is 4.45. The second-order valence-electron chi connectivity index (χ2n) is 6.62. The molecular formula is C20H25N3O3S2. The van der Waals surface area contributed by atoms with Gasteiger partial charge >= 0.3 is 0 Å². The van der Waals surface area contributed by atoms with Crippen molar-refractivity contribution in [3.8, 4) is 5.75 Å². The molecule has 0 aliphatic heterocycles. The van der Waals surface area contributed by atoms with E-state index in [0.29, 0.717) is 12.4 Å². The first-order valence-electron chi connectivity index (χ1n) is 9.11. The molecule has 1 aromatic carbocycles. The molecule has 0 fully saturated rings. The number of benzene rings is 1. The minimum atomic E-state index is -3.66. The highest BCUT2D eigenvalue weighted by Gasteiger charge is 2.22. The summed E-state index contributed by atoms with van der Waals surface area (Å²) in [6.45, 7) is 8.41. The van der Waals surface area contributed by atoms with Crippen LogP contribution in [-0.4, -0.2) is 31.3 Å². The van der Waals surface area contributed by atoms with Crippen LogP contribution in [0.15, 0.2) is 46.7 Å². The van der Waals surface area contributed by atoms with Crippen LogP contribution in [0.25, 0.3) is 0 Å². The van der Waals surface area contributed by atoms with Crippen LogP contribution in [0, 0.1) is 20.8 Å². The van der Waals surface area contributed by atoms with Crippen LogP contribution in [0.3, 0.4) is 0 Å². The van der Waals surface area contributed by atoms with Crippen molar-refractivity contribution in [2.45, 2.75) is 38.6 Å². The van der Waals surface area contributed by atoms with E-state index >= 15 is 0 Å². The fraction of sp³-hybridized carbons (Fsp3) is 0.350. The minimum Gasteiger partial charge on any atom is -0.494 e. The lowest BCUT2D eigenvalue weighted by molar-refractivity contribution is 0.337. The lowest BCUT2D eigenvalue weighted by Crippen LogP contribution is -2.32. The van der Waals surface area contributed by atoms with Crippen LogP contribution in [0.1, 0.15) is 34.8 Å². The Morgan fingerprint density at radius 3 is 2.57 bits per heavy atom. The zero-order valence-corrected chi connectivity index (χ0v) is 18.1. The van der Waals surface area contributed by atoms with Gasteiger partial charge in [-0.15, -0.1) is 11.3 Å². The van der Waals surface area contributed by atoms with E-state index in [4.69, 9.17) is 4.74 Å². The van der Waals surface area contributed by atoms with Crippen molar-refractivity contribution in [2.24, 2.45) is 0 Å². The van der Waals surface area contributed by atoms with Gasteiger partial charge in [-0.25, -0.2) is 13.1 Å². The van der Waals surface area contributed by atoms with Gasteiger partial charge in [-0.3, -0.25) is 4.68 Å². The third-order valence-corrected chi connectivity index (χ3v) is 6.83. The summed E-state index contributed by atoms with van der Waals surface area (Å²) in [5, 5.41) is 6.54. The summed E-state index contributed by atoms with van der Waals surface area (Å²) in [6, 6.07) is 10.7. The third-order valence-electron chi connectivity index (χ3n) is 4.43. The molecule has 2 aromatic heterocycles. The van der Waals surface area contributed by atoms with Crippen molar-refractivity contribution in [1.29, 1.82) is 0 Å². The summed E-state index contributed by atoms with van der Waals surface area (Å²) in [7, 11) is -3.66. The Kier molecular flexibility index (Phi) is 6.22. The van der Waals surface area contributed by atoms with Crippen molar-refractivity contribution in [3.05, 3.63) is 63.6 Å². The van der Waals surface area contributed by atoms with E-state index in [9.17, 15) is 8.42 Å². The number of aryl methyl sites for hydroxylation is 3. The summed E-state index contributed by atoms with van der Waals surface area (Å²) in [6.07, 6.45) is 0. The monoisotopic (exact) mass is 419 g/mol. The Bertz CT molecular complexity index is 1040. The number of nitrogens with zero attached hydrogens (tertiary/aromatic N) is 2. The molecule has 6 nitrogen and oxygen atoms in total. The van der Waals surface area contributed by atoms with Crippen LogP contribution in [0.2, 0.25) is 0 Å². The molecule has 8 heteroatoms. The Balaban J connectivity index is 1.84. The van der Waals surface area contributed by atoms with Crippen LogP contribution in [0.4, 0.5) is 0 Å². The van der Waals surface area contributed by atoms with Gasteiger partial charge in [0.25, 0.3) is 0 Å². The molecule has 1 atom stereocenters. The van der Waals surface area contributed by atoms with Gasteiger partial charge in [-0.05, 0) is 69.0 Å². The van der Waals surface area contributed by atoms with Gasteiger partial charge in [0.1, 0.15) is 5.75 Å². The molecule has 0 bridgehead atoms. The summed E-state index contributed by atoms with van der Waals surface area (Å²) in [5.74, 6) is 0.695. The van der Waals surface area contributed by atoms with E-state index in [1.54, 1.807) is 29.5 Å². The van der Waals surface area contributed by atoms with E-state index in [1.165, 1.54) is 0 Å². The van der Waals surface area contributed by atoms with Crippen LogP contribution in [0.5, 0.6) is 5.75 Å². The first-order valence-corrected chi connectivity index (χ1v) is 11.5.